The number of amides is 1. The predicted octanol–water partition coefficient (Wildman–Crippen LogP) is 3.19. The zero-order valence-electron chi connectivity index (χ0n) is 16.3. The molecule has 4 saturated carbocycles. The van der Waals surface area contributed by atoms with E-state index in [2.05, 4.69) is 17.6 Å². The van der Waals surface area contributed by atoms with Crippen LogP contribution in [0.3, 0.4) is 0 Å². The molecule has 4 nitrogen and oxygen atoms in total. The second-order valence-corrected chi connectivity index (χ2v) is 9.24. The molecule has 4 aliphatic rings. The summed E-state index contributed by atoms with van der Waals surface area (Å²) in [7, 11) is 1.63. The van der Waals surface area contributed by atoms with Crippen LogP contribution in [0, 0.1) is 23.2 Å². The van der Waals surface area contributed by atoms with Gasteiger partial charge in [0.2, 0.25) is 0 Å². The van der Waals surface area contributed by atoms with Gasteiger partial charge in [0.25, 0.3) is 5.91 Å². The summed E-state index contributed by atoms with van der Waals surface area (Å²) in [6, 6.07) is 8.02. The minimum absolute atomic E-state index is 0.0612. The number of methoxy groups -OCH3 is 1. The van der Waals surface area contributed by atoms with Crippen LogP contribution in [0.4, 0.5) is 5.69 Å². The van der Waals surface area contributed by atoms with Gasteiger partial charge in [-0.3, -0.25) is 4.79 Å². The summed E-state index contributed by atoms with van der Waals surface area (Å²) in [4.78, 5) is 12.7. The average Bonchev–Trinajstić information content (AvgIpc) is 2.61. The summed E-state index contributed by atoms with van der Waals surface area (Å²) in [6.45, 7) is 4.39. The molecule has 3 N–H and O–H groups in total. The Hall–Kier alpha value is -1.55. The van der Waals surface area contributed by atoms with Gasteiger partial charge >= 0.3 is 0 Å². The van der Waals surface area contributed by atoms with Crippen molar-refractivity contribution in [2.45, 2.75) is 64.5 Å². The third-order valence-electron chi connectivity index (χ3n) is 7.41. The van der Waals surface area contributed by atoms with Gasteiger partial charge in [0.05, 0.1) is 18.8 Å². The summed E-state index contributed by atoms with van der Waals surface area (Å²) in [6.07, 6.45) is 8.56. The fourth-order valence-corrected chi connectivity index (χ4v) is 6.45. The van der Waals surface area contributed by atoms with Crippen LogP contribution in [0.5, 0.6) is 5.75 Å². The van der Waals surface area contributed by atoms with Gasteiger partial charge in [0.1, 0.15) is 5.75 Å². The summed E-state index contributed by atoms with van der Waals surface area (Å²) in [5.41, 5.74) is 1.22. The lowest BCUT2D eigenvalue weighted by Crippen LogP contribution is -2.98. The highest BCUT2D eigenvalue weighted by Gasteiger charge is 2.54. The molecule has 0 spiro atoms. The number of nitrogens with one attached hydrogen (secondary N) is 1. The Morgan fingerprint density at radius 3 is 2.27 bits per heavy atom. The van der Waals surface area contributed by atoms with Crippen LogP contribution in [0.15, 0.2) is 24.3 Å². The van der Waals surface area contributed by atoms with Crippen molar-refractivity contribution in [2.24, 2.45) is 23.2 Å². The highest BCUT2D eigenvalue weighted by Crippen LogP contribution is 2.60. The average molecular weight is 358 g/mol. The number of rotatable bonds is 6. The molecule has 1 amide bonds. The summed E-state index contributed by atoms with van der Waals surface area (Å²) in [5.74, 6) is 3.63. The Kier molecular flexibility index (Phi) is 4.72. The monoisotopic (exact) mass is 357 g/mol. The molecule has 4 heteroatoms. The van der Waals surface area contributed by atoms with Crippen molar-refractivity contribution in [1.82, 2.24) is 0 Å². The van der Waals surface area contributed by atoms with Gasteiger partial charge in [0.15, 0.2) is 6.04 Å². The van der Waals surface area contributed by atoms with Crippen LogP contribution in [-0.2, 0) is 4.79 Å². The van der Waals surface area contributed by atoms with E-state index in [4.69, 9.17) is 4.74 Å². The molecule has 26 heavy (non-hydrogen) atoms. The van der Waals surface area contributed by atoms with Gasteiger partial charge in [-0.2, -0.15) is 0 Å². The van der Waals surface area contributed by atoms with E-state index in [0.29, 0.717) is 17.2 Å². The Bertz CT molecular complexity index is 637. The molecule has 2 atom stereocenters. The maximum absolute atomic E-state index is 12.7. The van der Waals surface area contributed by atoms with Crippen molar-refractivity contribution < 1.29 is 14.8 Å². The van der Waals surface area contributed by atoms with Crippen LogP contribution in [0.1, 0.15) is 52.4 Å². The molecule has 4 fully saturated rings. The number of hydrogen-bond donors (Lipinski definition) is 2. The molecule has 0 saturated heterocycles. The van der Waals surface area contributed by atoms with Gasteiger partial charge in [-0.25, -0.2) is 0 Å². The van der Waals surface area contributed by atoms with Gasteiger partial charge < -0.3 is 15.4 Å². The van der Waals surface area contributed by atoms with E-state index in [1.807, 2.05) is 31.2 Å². The van der Waals surface area contributed by atoms with E-state index >= 15 is 0 Å². The number of benzene rings is 1. The van der Waals surface area contributed by atoms with Crippen LogP contribution in [0.25, 0.3) is 0 Å². The highest BCUT2D eigenvalue weighted by molar-refractivity contribution is 5.94. The number of nitrogens with two attached hydrogens (primary N) is 1. The number of anilines is 1. The van der Waals surface area contributed by atoms with E-state index in [-0.39, 0.29) is 11.9 Å². The molecular formula is C22H33N2O2+. The van der Waals surface area contributed by atoms with Crippen LogP contribution in [-0.4, -0.2) is 25.1 Å². The van der Waals surface area contributed by atoms with E-state index in [1.54, 1.807) is 7.11 Å². The second-order valence-electron chi connectivity index (χ2n) is 9.24. The minimum atomic E-state index is -0.0945. The Morgan fingerprint density at radius 2 is 1.69 bits per heavy atom. The Balaban J connectivity index is 1.40. The zero-order valence-corrected chi connectivity index (χ0v) is 16.3. The first-order valence-electron chi connectivity index (χ1n) is 10.3. The quantitative estimate of drug-likeness (QED) is 0.821. The topological polar surface area (TPSA) is 54.9 Å². The Labute approximate surface area is 157 Å². The van der Waals surface area contributed by atoms with Crippen molar-refractivity contribution in [1.29, 1.82) is 0 Å². The maximum Gasteiger partial charge on any atom is 0.282 e. The van der Waals surface area contributed by atoms with Crippen molar-refractivity contribution in [2.75, 3.05) is 12.4 Å². The number of carbonyl (C=O) groups is 1. The molecule has 1 aromatic carbocycles. The molecule has 5 rings (SSSR count). The van der Waals surface area contributed by atoms with Crippen LogP contribution >= 0.6 is 0 Å². The first-order chi connectivity index (χ1) is 12.5. The molecular weight excluding hydrogens is 324 g/mol. The largest absolute Gasteiger partial charge is 0.495 e. The lowest BCUT2D eigenvalue weighted by Gasteiger charge is -2.58. The van der Waals surface area contributed by atoms with Gasteiger partial charge in [-0.1, -0.05) is 12.1 Å². The lowest BCUT2D eigenvalue weighted by molar-refractivity contribution is -0.718. The zero-order chi connectivity index (χ0) is 18.3. The van der Waals surface area contributed by atoms with E-state index in [1.165, 1.54) is 38.5 Å². The van der Waals surface area contributed by atoms with Crippen molar-refractivity contribution >= 4 is 11.6 Å². The van der Waals surface area contributed by atoms with Crippen molar-refractivity contribution in [3.63, 3.8) is 0 Å². The SMILES string of the molecule is COc1ccccc1NC(=O)[C@H](C)[NH2+][C@H](C)C12CC3CC(CC(C3)C1)C2. The third-order valence-corrected chi connectivity index (χ3v) is 7.41. The normalized spacial score (nSPS) is 34.3. The second kappa shape index (κ2) is 6.88. The molecule has 4 bridgehead atoms. The summed E-state index contributed by atoms with van der Waals surface area (Å²) < 4.78 is 5.35. The molecule has 142 valence electrons. The fourth-order valence-electron chi connectivity index (χ4n) is 6.45. The van der Waals surface area contributed by atoms with E-state index in [0.717, 1.165) is 23.4 Å². The first kappa shape index (κ1) is 17.8. The third kappa shape index (κ3) is 3.24. The predicted molar refractivity (Wildman–Crippen MR) is 103 cm³/mol. The highest BCUT2D eigenvalue weighted by atomic mass is 16.5. The minimum Gasteiger partial charge on any atom is -0.495 e. The molecule has 0 aliphatic heterocycles. The smallest absolute Gasteiger partial charge is 0.282 e. The molecule has 0 aromatic heterocycles. The molecule has 0 unspecified atom stereocenters. The van der Waals surface area contributed by atoms with Crippen molar-refractivity contribution in [3.8, 4) is 5.75 Å². The Morgan fingerprint density at radius 1 is 1.12 bits per heavy atom. The molecule has 1 aromatic rings. The van der Waals surface area contributed by atoms with Crippen molar-refractivity contribution in [3.05, 3.63) is 24.3 Å². The van der Waals surface area contributed by atoms with Gasteiger partial charge in [-0.15, -0.1) is 0 Å². The lowest BCUT2D eigenvalue weighted by atomic mass is 9.48. The number of carbonyl (C=O) groups excluding carboxylic acids is 1. The summed E-state index contributed by atoms with van der Waals surface area (Å²) >= 11 is 0. The standard InChI is InChI=1S/C22H32N2O2/c1-14(21(25)24-19-6-4-5-7-20(19)26-3)23-15(2)22-11-16-8-17(12-22)10-18(9-16)13-22/h4-7,14-18,23H,8-13H2,1-3H3,(H,24,25)/p+1/t14-,15+,16?,17?,18?,22?/m0/s1. The molecule has 0 heterocycles. The van der Waals surface area contributed by atoms with E-state index in [9.17, 15) is 4.79 Å². The number of quaternary nitrogens is 1. The maximum atomic E-state index is 12.7. The summed E-state index contributed by atoms with van der Waals surface area (Å²) in [5, 5.41) is 5.36. The first-order valence-corrected chi connectivity index (χ1v) is 10.3. The van der Waals surface area contributed by atoms with E-state index < -0.39 is 0 Å². The van der Waals surface area contributed by atoms with Crippen LogP contribution < -0.4 is 15.4 Å². The number of para-hydroxylation sites is 2. The van der Waals surface area contributed by atoms with Gasteiger partial charge in [-0.05, 0) is 82.3 Å². The van der Waals surface area contributed by atoms with Gasteiger partial charge in [0, 0.05) is 5.41 Å². The fraction of sp³-hybridized carbons (Fsp3) is 0.682. The van der Waals surface area contributed by atoms with Crippen LogP contribution in [0.2, 0.25) is 0 Å². The molecule has 4 aliphatic carbocycles. The number of hydrogen-bond acceptors (Lipinski definition) is 2. The number of ether oxygens (including phenoxy) is 1. The molecule has 0 radical (unpaired) electrons.